The summed E-state index contributed by atoms with van der Waals surface area (Å²) in [4.78, 5) is 75.1. The van der Waals surface area contributed by atoms with E-state index in [0.29, 0.717) is 22.1 Å². The quantitative estimate of drug-likeness (QED) is 0.246. The van der Waals surface area contributed by atoms with E-state index in [1.807, 2.05) is 6.92 Å². The molecule has 3 rings (SSSR count). The van der Waals surface area contributed by atoms with Crippen LogP contribution in [0.25, 0.3) is 0 Å². The maximum absolute atomic E-state index is 12.8. The monoisotopic (exact) mass is 565 g/mol. The van der Waals surface area contributed by atoms with Gasteiger partial charge in [0.2, 0.25) is 11.8 Å². The van der Waals surface area contributed by atoms with Crippen LogP contribution in [0.4, 0.5) is 11.4 Å². The zero-order chi connectivity index (χ0) is 30.4. The average molecular weight is 566 g/mol. The number of carbonyl (C=O) groups is 4. The minimum absolute atomic E-state index is 0.0912. The first-order valence-electron chi connectivity index (χ1n) is 13.0. The summed E-state index contributed by atoms with van der Waals surface area (Å²) < 4.78 is 1.59. The molecule has 0 aliphatic carbocycles. The second kappa shape index (κ2) is 12.9. The molecule has 12 nitrogen and oxygen atoms in total. The van der Waals surface area contributed by atoms with Gasteiger partial charge in [-0.1, -0.05) is 51.0 Å². The largest absolute Gasteiger partial charge is 0.493 e. The number of aryl methyl sites for hydroxylation is 1. The molecule has 41 heavy (non-hydrogen) atoms. The Morgan fingerprint density at radius 3 is 2.17 bits per heavy atom. The Balaban J connectivity index is 2.19. The average Bonchev–Trinajstić information content (AvgIpc) is 2.94. The summed E-state index contributed by atoms with van der Waals surface area (Å²) in [6, 6.07) is 10.0. The Labute approximate surface area is 234 Å². The van der Waals surface area contributed by atoms with Crippen molar-refractivity contribution in [3.63, 3.8) is 0 Å². The number of unbranched alkanes of at least 4 members (excludes halogenated alkanes) is 2. The smallest absolute Gasteiger partial charge is 0.395 e. The van der Waals surface area contributed by atoms with Crippen molar-refractivity contribution in [1.82, 2.24) is 9.13 Å². The van der Waals surface area contributed by atoms with Gasteiger partial charge in [0, 0.05) is 19.9 Å². The first-order chi connectivity index (χ1) is 19.4. The van der Waals surface area contributed by atoms with Crippen LogP contribution in [0.3, 0.4) is 0 Å². The number of benzene rings is 2. The molecule has 1 amide bonds. The molecule has 1 aromatic heterocycles. The number of para-hydroxylation sites is 1. The number of carbonyl (C=O) groups excluding carboxylic acids is 2. The lowest BCUT2D eigenvalue weighted by Gasteiger charge is -2.25. The predicted molar refractivity (Wildman–Crippen MR) is 149 cm³/mol. The first kappa shape index (κ1) is 30.5. The Bertz CT molecular complexity index is 1640. The lowest BCUT2D eigenvalue weighted by atomic mass is 10.0. The number of rotatable bonds is 10. The Hall–Kier alpha value is -5.00. The van der Waals surface area contributed by atoms with Gasteiger partial charge in [-0.05, 0) is 42.2 Å². The van der Waals surface area contributed by atoms with Gasteiger partial charge in [0.1, 0.15) is 0 Å². The molecular weight excluding hydrogens is 534 g/mol. The maximum Gasteiger partial charge on any atom is 0.395 e. The van der Waals surface area contributed by atoms with Crippen LogP contribution in [0.1, 0.15) is 72.0 Å². The molecule has 1 heterocycles. The van der Waals surface area contributed by atoms with Crippen LogP contribution in [-0.2, 0) is 29.0 Å². The summed E-state index contributed by atoms with van der Waals surface area (Å²) in [5, 5.41) is 30.2. The van der Waals surface area contributed by atoms with Crippen LogP contribution in [-0.4, -0.2) is 48.2 Å². The Morgan fingerprint density at radius 1 is 0.902 bits per heavy atom. The highest BCUT2D eigenvalue weighted by Crippen LogP contribution is 2.33. The molecule has 12 heteroatoms. The molecule has 0 bridgehead atoms. The maximum atomic E-state index is 12.8. The fourth-order valence-corrected chi connectivity index (χ4v) is 4.64. The van der Waals surface area contributed by atoms with Crippen molar-refractivity contribution in [3.8, 4) is 5.88 Å². The number of nitrogens with zero attached hydrogens (tertiary/aromatic N) is 3. The zero-order valence-electron chi connectivity index (χ0n) is 22.9. The highest BCUT2D eigenvalue weighted by molar-refractivity contribution is 6.39. The van der Waals surface area contributed by atoms with Gasteiger partial charge >= 0.3 is 29.0 Å². The topological polar surface area (TPSA) is 176 Å². The number of aromatic hydroxyl groups is 1. The highest BCUT2D eigenvalue weighted by atomic mass is 16.4. The molecule has 3 N–H and O–H groups in total. The van der Waals surface area contributed by atoms with Crippen LogP contribution in [0.15, 0.2) is 52.1 Å². The summed E-state index contributed by atoms with van der Waals surface area (Å²) in [7, 11) is 0. The van der Waals surface area contributed by atoms with Crippen molar-refractivity contribution in [2.75, 3.05) is 4.90 Å². The van der Waals surface area contributed by atoms with Crippen molar-refractivity contribution in [3.05, 3.63) is 85.6 Å². The fraction of sp³-hybridized carbons (Fsp3) is 0.310. The van der Waals surface area contributed by atoms with Gasteiger partial charge in [0.25, 0.3) is 0 Å². The van der Waals surface area contributed by atoms with Crippen LogP contribution in [0.2, 0.25) is 0 Å². The summed E-state index contributed by atoms with van der Waals surface area (Å²) in [5.41, 5.74) is -1.57. The van der Waals surface area contributed by atoms with Crippen LogP contribution >= 0.6 is 0 Å². The molecule has 0 saturated carbocycles. The number of carboxylic acids is 2. The van der Waals surface area contributed by atoms with Crippen LogP contribution in [0, 0.1) is 0 Å². The number of carboxylic acid groups (broad SMARTS) is 2. The molecule has 0 aliphatic rings. The van der Waals surface area contributed by atoms with Gasteiger partial charge in [-0.25, -0.2) is 14.2 Å². The van der Waals surface area contributed by atoms with Gasteiger partial charge in [-0.3, -0.25) is 28.6 Å². The second-order valence-corrected chi connectivity index (χ2v) is 9.36. The van der Waals surface area contributed by atoms with Gasteiger partial charge < -0.3 is 15.3 Å². The van der Waals surface area contributed by atoms with Crippen LogP contribution in [0.5, 0.6) is 5.88 Å². The lowest BCUT2D eigenvalue weighted by molar-refractivity contribution is -0.148. The zero-order valence-corrected chi connectivity index (χ0v) is 22.9. The molecule has 2 aromatic carbocycles. The summed E-state index contributed by atoms with van der Waals surface area (Å²) in [5.74, 6) is -5.79. The number of aliphatic carboxylic acids is 1. The third kappa shape index (κ3) is 6.26. The second-order valence-electron chi connectivity index (χ2n) is 9.36. The van der Waals surface area contributed by atoms with Gasteiger partial charge in [-0.15, -0.1) is 0 Å². The van der Waals surface area contributed by atoms with Crippen molar-refractivity contribution < 1.29 is 34.5 Å². The number of hydrogen-bond donors (Lipinski definition) is 3. The Morgan fingerprint density at radius 2 is 1.59 bits per heavy atom. The number of aromatic carboxylic acids is 1. The van der Waals surface area contributed by atoms with Gasteiger partial charge in [-0.2, -0.15) is 0 Å². The van der Waals surface area contributed by atoms with Crippen LogP contribution < -0.4 is 16.0 Å². The summed E-state index contributed by atoms with van der Waals surface area (Å²) >= 11 is 0. The van der Waals surface area contributed by atoms with E-state index in [-0.39, 0.29) is 42.0 Å². The van der Waals surface area contributed by atoms with Crippen molar-refractivity contribution in [2.24, 2.45) is 0 Å². The third-order valence-corrected chi connectivity index (χ3v) is 6.61. The lowest BCUT2D eigenvalue weighted by Crippen LogP contribution is -2.44. The van der Waals surface area contributed by atoms with E-state index < -0.39 is 40.8 Å². The minimum atomic E-state index is -1.79. The molecule has 0 fully saturated rings. The van der Waals surface area contributed by atoms with E-state index in [4.69, 9.17) is 0 Å². The normalized spacial score (nSPS) is 10.8. The van der Waals surface area contributed by atoms with E-state index in [2.05, 4.69) is 0 Å². The molecule has 3 aromatic rings. The molecule has 0 atom stereocenters. The molecule has 0 aliphatic heterocycles. The van der Waals surface area contributed by atoms with E-state index in [0.717, 1.165) is 29.2 Å². The SMILES string of the molecule is CCCCCn1c(O)c(Cc2ccc(N(C(=O)C(=O)O)c3ccccc3C(=O)O)c(CC)c2)n(C(C)=O)c(=O)c1=O. The predicted octanol–water partition coefficient (Wildman–Crippen LogP) is 3.17. The highest BCUT2D eigenvalue weighted by Gasteiger charge is 2.30. The molecule has 0 radical (unpaired) electrons. The number of amides is 1. The molecule has 216 valence electrons. The van der Waals surface area contributed by atoms with E-state index in [1.54, 1.807) is 13.0 Å². The van der Waals surface area contributed by atoms with E-state index in [9.17, 15) is 44.1 Å². The Kier molecular flexibility index (Phi) is 9.61. The third-order valence-electron chi connectivity index (χ3n) is 6.61. The molecule has 0 unspecified atom stereocenters. The summed E-state index contributed by atoms with van der Waals surface area (Å²) in [6.07, 6.45) is 2.27. The van der Waals surface area contributed by atoms with Gasteiger partial charge in [0.15, 0.2) is 0 Å². The van der Waals surface area contributed by atoms with Crippen molar-refractivity contribution in [2.45, 2.75) is 59.4 Å². The van der Waals surface area contributed by atoms with Gasteiger partial charge in [0.05, 0.1) is 22.6 Å². The minimum Gasteiger partial charge on any atom is -0.493 e. The van der Waals surface area contributed by atoms with Crippen molar-refractivity contribution in [1.29, 1.82) is 0 Å². The fourth-order valence-electron chi connectivity index (χ4n) is 4.64. The molecular formula is C29H31N3O9. The number of aromatic nitrogens is 2. The molecule has 0 spiro atoms. The van der Waals surface area contributed by atoms with E-state index in [1.165, 1.54) is 36.4 Å². The van der Waals surface area contributed by atoms with Crippen molar-refractivity contribution >= 4 is 35.1 Å². The molecule has 0 saturated heterocycles. The standard InChI is InChI=1S/C29H31N3O9/c1-4-6-9-14-30-24(34)23(31(17(3)33)26(36)25(30)35)16-18-12-13-21(19(5-2)15-18)32(27(37)29(40)41)22-11-8-7-10-20(22)28(38)39/h7-8,10-13,15,34H,4-6,9,14,16H2,1-3H3,(H,38,39)(H,40,41). The van der Waals surface area contributed by atoms with E-state index >= 15 is 0 Å². The number of hydrogen-bond acceptors (Lipinski definition) is 7. The number of anilines is 2. The first-order valence-corrected chi connectivity index (χ1v) is 13.0. The summed E-state index contributed by atoms with van der Waals surface area (Å²) in [6.45, 7) is 4.89.